The van der Waals surface area contributed by atoms with E-state index in [0.717, 1.165) is 52.7 Å². The van der Waals surface area contributed by atoms with Gasteiger partial charge in [0.05, 0.1) is 18.7 Å². The van der Waals surface area contributed by atoms with E-state index in [-0.39, 0.29) is 0 Å². The Labute approximate surface area is 177 Å². The Morgan fingerprint density at radius 2 is 2.03 bits per heavy atom. The van der Waals surface area contributed by atoms with Crippen LogP contribution in [0.15, 0.2) is 42.6 Å². The molecule has 1 saturated heterocycles. The standard InChI is InChI=1S/C23H30N6O/c1-17(10-13-29-11-5-4-6-12-29)14-21-26-22(20-16-24-28(2)23(20)27-21)25-18-8-7-9-19(15-18)30-3/h7-9,15-16H,1,4-6,10-14H2,2-3H3,(H,25,26,27). The van der Waals surface area contributed by atoms with Gasteiger partial charge in [-0.2, -0.15) is 5.10 Å². The highest BCUT2D eigenvalue weighted by Crippen LogP contribution is 2.26. The third kappa shape index (κ3) is 4.79. The normalized spacial score (nSPS) is 14.7. The van der Waals surface area contributed by atoms with Crippen LogP contribution in [0.4, 0.5) is 11.5 Å². The van der Waals surface area contributed by atoms with Crippen molar-refractivity contribution in [2.75, 3.05) is 32.1 Å². The summed E-state index contributed by atoms with van der Waals surface area (Å²) in [6, 6.07) is 7.81. The fourth-order valence-corrected chi connectivity index (χ4v) is 3.89. The lowest BCUT2D eigenvalue weighted by atomic mass is 10.1. The molecular formula is C23H30N6O. The Kier molecular flexibility index (Phi) is 6.28. The van der Waals surface area contributed by atoms with E-state index in [4.69, 9.17) is 14.7 Å². The third-order valence-electron chi connectivity index (χ3n) is 5.61. The van der Waals surface area contributed by atoms with Gasteiger partial charge in [-0.1, -0.05) is 24.6 Å². The minimum absolute atomic E-state index is 0.668. The highest BCUT2D eigenvalue weighted by Gasteiger charge is 2.14. The fraction of sp³-hybridized carbons (Fsp3) is 0.435. The first-order valence-corrected chi connectivity index (χ1v) is 10.6. The summed E-state index contributed by atoms with van der Waals surface area (Å²) in [5, 5.41) is 8.67. The molecule has 0 saturated carbocycles. The summed E-state index contributed by atoms with van der Waals surface area (Å²) in [7, 11) is 3.57. The minimum atomic E-state index is 0.668. The average molecular weight is 407 g/mol. The lowest BCUT2D eigenvalue weighted by Gasteiger charge is -2.26. The van der Waals surface area contributed by atoms with E-state index in [1.54, 1.807) is 18.0 Å². The lowest BCUT2D eigenvalue weighted by Crippen LogP contribution is -2.30. The van der Waals surface area contributed by atoms with Crippen molar-refractivity contribution in [2.24, 2.45) is 7.05 Å². The number of nitrogens with one attached hydrogen (secondary N) is 1. The van der Waals surface area contributed by atoms with Crippen LogP contribution in [0.25, 0.3) is 11.0 Å². The van der Waals surface area contributed by atoms with Gasteiger partial charge >= 0.3 is 0 Å². The van der Waals surface area contributed by atoms with Crippen molar-refractivity contribution in [1.82, 2.24) is 24.6 Å². The quantitative estimate of drug-likeness (QED) is 0.568. The molecular weight excluding hydrogens is 376 g/mol. The van der Waals surface area contributed by atoms with E-state index in [1.807, 2.05) is 31.3 Å². The summed E-state index contributed by atoms with van der Waals surface area (Å²) < 4.78 is 7.12. The largest absolute Gasteiger partial charge is 0.497 e. The monoisotopic (exact) mass is 406 g/mol. The Morgan fingerprint density at radius 3 is 2.83 bits per heavy atom. The second-order valence-electron chi connectivity index (χ2n) is 7.93. The molecule has 3 aromatic rings. The van der Waals surface area contributed by atoms with Gasteiger partial charge in [0.25, 0.3) is 0 Å². The van der Waals surface area contributed by atoms with Crippen LogP contribution >= 0.6 is 0 Å². The Bertz CT molecular complexity index is 1020. The van der Waals surface area contributed by atoms with Crippen molar-refractivity contribution < 1.29 is 4.74 Å². The summed E-state index contributed by atoms with van der Waals surface area (Å²) in [5.41, 5.74) is 2.89. The summed E-state index contributed by atoms with van der Waals surface area (Å²) in [4.78, 5) is 12.1. The lowest BCUT2D eigenvalue weighted by molar-refractivity contribution is 0.231. The number of anilines is 2. The molecule has 7 nitrogen and oxygen atoms in total. The van der Waals surface area contributed by atoms with E-state index in [1.165, 1.54) is 32.4 Å². The summed E-state index contributed by atoms with van der Waals surface area (Å²) in [5.74, 6) is 2.31. The molecule has 7 heteroatoms. The molecule has 158 valence electrons. The molecule has 1 aromatic carbocycles. The molecule has 0 bridgehead atoms. The molecule has 30 heavy (non-hydrogen) atoms. The fourth-order valence-electron chi connectivity index (χ4n) is 3.89. The van der Waals surface area contributed by atoms with Gasteiger partial charge in [0.1, 0.15) is 17.4 Å². The van der Waals surface area contributed by atoms with Crippen LogP contribution in [0.3, 0.4) is 0 Å². The minimum Gasteiger partial charge on any atom is -0.497 e. The van der Waals surface area contributed by atoms with E-state index < -0.39 is 0 Å². The van der Waals surface area contributed by atoms with Gasteiger partial charge in [-0.15, -0.1) is 0 Å². The smallest absolute Gasteiger partial charge is 0.163 e. The van der Waals surface area contributed by atoms with E-state index in [0.29, 0.717) is 6.42 Å². The van der Waals surface area contributed by atoms with Crippen molar-refractivity contribution in [1.29, 1.82) is 0 Å². The van der Waals surface area contributed by atoms with Crippen molar-refractivity contribution in [2.45, 2.75) is 32.1 Å². The van der Waals surface area contributed by atoms with E-state index in [2.05, 4.69) is 21.9 Å². The molecule has 1 aliphatic rings. The maximum Gasteiger partial charge on any atom is 0.163 e. The van der Waals surface area contributed by atoms with Crippen molar-refractivity contribution >= 4 is 22.5 Å². The number of likely N-dealkylation sites (tertiary alicyclic amines) is 1. The zero-order chi connectivity index (χ0) is 20.9. The van der Waals surface area contributed by atoms with Gasteiger partial charge in [0.2, 0.25) is 0 Å². The number of fused-ring (bicyclic) bond motifs is 1. The van der Waals surface area contributed by atoms with Gasteiger partial charge in [-0.05, 0) is 44.5 Å². The van der Waals surface area contributed by atoms with Crippen LogP contribution in [-0.2, 0) is 13.5 Å². The molecule has 3 heterocycles. The van der Waals surface area contributed by atoms with Crippen LogP contribution in [-0.4, -0.2) is 51.4 Å². The molecule has 1 N–H and O–H groups in total. The average Bonchev–Trinajstić information content (AvgIpc) is 3.14. The Morgan fingerprint density at radius 1 is 1.20 bits per heavy atom. The van der Waals surface area contributed by atoms with Crippen LogP contribution in [0.2, 0.25) is 0 Å². The van der Waals surface area contributed by atoms with Gasteiger partial charge in [0.15, 0.2) is 5.65 Å². The molecule has 0 amide bonds. The highest BCUT2D eigenvalue weighted by molar-refractivity contribution is 5.88. The van der Waals surface area contributed by atoms with Gasteiger partial charge < -0.3 is 15.0 Å². The Balaban J connectivity index is 1.51. The first-order valence-electron chi connectivity index (χ1n) is 10.6. The molecule has 4 rings (SSSR count). The summed E-state index contributed by atoms with van der Waals surface area (Å²) in [6.45, 7) is 7.78. The molecule has 2 aromatic heterocycles. The zero-order valence-electron chi connectivity index (χ0n) is 17.9. The number of nitrogens with zero attached hydrogens (tertiary/aromatic N) is 5. The van der Waals surface area contributed by atoms with Crippen molar-refractivity contribution in [3.8, 4) is 5.75 Å². The molecule has 0 unspecified atom stereocenters. The van der Waals surface area contributed by atoms with Gasteiger partial charge in [-0.3, -0.25) is 4.68 Å². The predicted octanol–water partition coefficient (Wildman–Crippen LogP) is 4.09. The molecule has 0 aliphatic carbocycles. The molecule has 0 atom stereocenters. The van der Waals surface area contributed by atoms with E-state index >= 15 is 0 Å². The van der Waals surface area contributed by atoms with Crippen LogP contribution in [0.5, 0.6) is 5.75 Å². The molecule has 1 fully saturated rings. The number of aryl methyl sites for hydroxylation is 1. The van der Waals surface area contributed by atoms with Crippen molar-refractivity contribution in [3.63, 3.8) is 0 Å². The van der Waals surface area contributed by atoms with Crippen LogP contribution in [0, 0.1) is 0 Å². The zero-order valence-corrected chi connectivity index (χ0v) is 17.9. The number of ether oxygens (including phenoxy) is 1. The van der Waals surface area contributed by atoms with Crippen LogP contribution in [0.1, 0.15) is 31.5 Å². The third-order valence-corrected chi connectivity index (χ3v) is 5.61. The number of hydrogen-bond acceptors (Lipinski definition) is 6. The SMILES string of the molecule is C=C(CCN1CCCCC1)Cc1nc(Nc2cccc(OC)c2)c2cnn(C)c2n1. The second-order valence-corrected chi connectivity index (χ2v) is 7.93. The van der Waals surface area contributed by atoms with Gasteiger partial charge in [0, 0.05) is 31.8 Å². The molecule has 1 aliphatic heterocycles. The van der Waals surface area contributed by atoms with E-state index in [9.17, 15) is 0 Å². The molecule has 0 spiro atoms. The first kappa shape index (κ1) is 20.3. The van der Waals surface area contributed by atoms with Crippen LogP contribution < -0.4 is 10.1 Å². The number of benzene rings is 1. The number of piperidine rings is 1. The van der Waals surface area contributed by atoms with Gasteiger partial charge in [-0.25, -0.2) is 9.97 Å². The second kappa shape index (κ2) is 9.26. The molecule has 0 radical (unpaired) electrons. The summed E-state index contributed by atoms with van der Waals surface area (Å²) in [6.07, 6.45) is 7.43. The highest BCUT2D eigenvalue weighted by atomic mass is 16.5. The number of hydrogen-bond donors (Lipinski definition) is 1. The maximum atomic E-state index is 5.33. The topological polar surface area (TPSA) is 68.1 Å². The number of aromatic nitrogens is 4. The number of methoxy groups -OCH3 is 1. The Hall–Kier alpha value is -2.93. The predicted molar refractivity (Wildman–Crippen MR) is 120 cm³/mol. The summed E-state index contributed by atoms with van der Waals surface area (Å²) >= 11 is 0. The first-order chi connectivity index (χ1) is 14.6. The number of rotatable bonds is 8. The van der Waals surface area contributed by atoms with Crippen molar-refractivity contribution in [3.05, 3.63) is 48.4 Å². The maximum absolute atomic E-state index is 5.33.